The highest BCUT2D eigenvalue weighted by Gasteiger charge is 3.04. The molecule has 1 aromatic carbocycles. The Labute approximate surface area is 422 Å². The van der Waals surface area contributed by atoms with E-state index in [2.05, 4.69) is 4.99 Å². The van der Waals surface area contributed by atoms with Crippen molar-refractivity contribution >= 4 is 17.7 Å². The van der Waals surface area contributed by atoms with E-state index in [9.17, 15) is 207 Å². The normalized spacial score (nSPS) is 16.7. The molecule has 0 aromatic heterocycles. The van der Waals surface area contributed by atoms with E-state index in [-0.39, 0.29) is 12.5 Å². The van der Waals surface area contributed by atoms with Gasteiger partial charge in [-0.25, -0.2) is 4.79 Å². The molecular formula is C34H13F45N2O2. The fourth-order valence-corrected chi connectivity index (χ4v) is 5.80. The molecule has 0 aliphatic rings. The summed E-state index contributed by atoms with van der Waals surface area (Å²) < 4.78 is 630. The predicted octanol–water partition coefficient (Wildman–Crippen LogP) is 16.4. The van der Waals surface area contributed by atoms with Crippen LogP contribution in [0, 0.1) is 6.92 Å². The van der Waals surface area contributed by atoms with Crippen LogP contribution in [-0.4, -0.2) is 149 Å². The summed E-state index contributed by atoms with van der Waals surface area (Å²) in [6, 6.07) is -0.884. The second kappa shape index (κ2) is 20.0. The van der Waals surface area contributed by atoms with Crippen LogP contribution >= 0.6 is 0 Å². The van der Waals surface area contributed by atoms with Gasteiger partial charge in [0, 0.05) is 18.0 Å². The van der Waals surface area contributed by atoms with E-state index in [1.807, 2.05) is 0 Å². The predicted molar refractivity (Wildman–Crippen MR) is 170 cm³/mol. The lowest BCUT2D eigenvalue weighted by atomic mass is 9.81. The van der Waals surface area contributed by atoms with Crippen LogP contribution in [0.4, 0.5) is 203 Å². The van der Waals surface area contributed by atoms with Gasteiger partial charge >= 0.3 is 131 Å². The van der Waals surface area contributed by atoms with Crippen LogP contribution in [0.1, 0.15) is 29.3 Å². The van der Waals surface area contributed by atoms with Crippen molar-refractivity contribution in [2.75, 3.05) is 0 Å². The van der Waals surface area contributed by atoms with Gasteiger partial charge in [0.15, 0.2) is 0 Å². The SMILES string of the molecule is Cc1ccc(N=C=O)cc1C(=O)NC(C)CC(F)(F)C(F)(F)C(F)(F)C(F)(F)C(F)(F)C(F)(F)C(F)(F)C(F)(F)C(F)(F)C(F)(F)C(F)(F)C(F)(F)C(F)(F)C(F)(F)C(F)(F)C(F)(F)C(F)(F)C(F)(F)C(F)(F)C(F)(F)C(F)(F)C(F)(F)F. The minimum Gasteiger partial charge on any atom is -0.349 e. The van der Waals surface area contributed by atoms with Gasteiger partial charge in [-0.3, -0.25) is 4.79 Å². The molecule has 1 N–H and O–H groups in total. The summed E-state index contributed by atoms with van der Waals surface area (Å²) in [6.07, 6.45) is -11.2. The lowest BCUT2D eigenvalue weighted by Gasteiger charge is -2.47. The first kappa shape index (κ1) is 75.9. The van der Waals surface area contributed by atoms with Gasteiger partial charge in [0.2, 0.25) is 6.08 Å². The highest BCUT2D eigenvalue weighted by molar-refractivity contribution is 5.96. The Morgan fingerprint density at radius 1 is 0.373 bits per heavy atom. The van der Waals surface area contributed by atoms with Crippen molar-refractivity contribution in [1.82, 2.24) is 5.32 Å². The van der Waals surface area contributed by atoms with E-state index in [0.717, 1.165) is 30.5 Å². The van der Waals surface area contributed by atoms with Gasteiger partial charge in [0.05, 0.1) is 5.69 Å². The highest BCUT2D eigenvalue weighted by atomic mass is 19.4. The molecule has 0 saturated heterocycles. The number of alkyl halides is 45. The molecule has 1 unspecified atom stereocenters. The standard InChI is InChI=1S/C34H13F45N2O2/c1-8-3-4-10(80-7-82)5-11(8)12(83)81-9(2)6-13(35,36)14(37,38)15(39,40)16(41,42)17(43,44)18(45,46)19(47,48)20(49,50)21(51,52)22(53,54)23(55,56)24(57,58)25(59,60)26(61,62)27(63,64)28(65,66)29(67,68)30(69,70)31(71,72)32(73,74)33(75,76)34(77,78)79/h3-5,9H,6H2,1-2H3,(H,81,83). The number of rotatable bonds is 25. The molecule has 1 rings (SSSR count). The summed E-state index contributed by atoms with van der Waals surface area (Å²) in [5, 5.41) is 1.12. The molecule has 0 saturated carbocycles. The number of carbonyl (C=O) groups is 1. The molecule has 0 bridgehead atoms. The van der Waals surface area contributed by atoms with E-state index >= 15 is 0 Å². The molecule has 0 radical (unpaired) electrons. The zero-order valence-electron chi connectivity index (χ0n) is 37.3. The summed E-state index contributed by atoms with van der Waals surface area (Å²) in [5.74, 6) is -215. The molecule has 0 fully saturated rings. The Balaban J connectivity index is 4.07. The third-order valence-corrected chi connectivity index (χ3v) is 10.9. The molecule has 1 amide bonds. The van der Waals surface area contributed by atoms with Gasteiger partial charge in [0.1, 0.15) is 0 Å². The molecule has 0 spiro atoms. The number of isocyanates is 1. The molecule has 0 aliphatic heterocycles. The fourth-order valence-electron chi connectivity index (χ4n) is 5.80. The number of nitrogens with one attached hydrogen (secondary N) is 1. The quantitative estimate of drug-likeness (QED) is 0.0603. The van der Waals surface area contributed by atoms with Crippen LogP contribution < -0.4 is 5.32 Å². The Morgan fingerprint density at radius 3 is 0.783 bits per heavy atom. The van der Waals surface area contributed by atoms with Gasteiger partial charge in [-0.1, -0.05) is 6.07 Å². The molecule has 49 heteroatoms. The van der Waals surface area contributed by atoms with Crippen molar-refractivity contribution in [2.24, 2.45) is 4.99 Å². The highest BCUT2D eigenvalue weighted by Crippen LogP contribution is 2.72. The van der Waals surface area contributed by atoms with Crippen molar-refractivity contribution in [1.29, 1.82) is 0 Å². The molecule has 1 atom stereocenters. The first-order chi connectivity index (χ1) is 35.5. The Bertz CT molecular complexity index is 2600. The largest absolute Gasteiger partial charge is 0.460 e. The lowest BCUT2D eigenvalue weighted by molar-refractivity contribution is -0.497. The van der Waals surface area contributed by atoms with Crippen LogP contribution in [0.2, 0.25) is 0 Å². The maximum atomic E-state index is 14.6. The topological polar surface area (TPSA) is 58.5 Å². The van der Waals surface area contributed by atoms with E-state index in [4.69, 9.17) is 0 Å². The third kappa shape index (κ3) is 9.52. The van der Waals surface area contributed by atoms with Crippen LogP contribution in [-0.2, 0) is 4.79 Å². The average molecular weight is 1340 g/mol. The number of amides is 1. The lowest BCUT2D eigenvalue weighted by Crippen LogP contribution is -2.81. The molecule has 1 aromatic rings. The maximum absolute atomic E-state index is 14.6. The number of hydrogen-bond acceptors (Lipinski definition) is 3. The minimum absolute atomic E-state index is 0.0834. The monoisotopic (exact) mass is 1340 g/mol. The maximum Gasteiger partial charge on any atom is 0.460 e. The van der Waals surface area contributed by atoms with Crippen molar-refractivity contribution < 1.29 is 207 Å². The Kier molecular flexibility index (Phi) is 18.3. The fraction of sp³-hybridized carbons (Fsp3) is 0.765. The van der Waals surface area contributed by atoms with Gasteiger partial charge in [-0.2, -0.15) is 203 Å². The van der Waals surface area contributed by atoms with E-state index < -0.39 is 160 Å². The number of benzene rings is 1. The summed E-state index contributed by atoms with van der Waals surface area (Å²) in [7, 11) is 0. The summed E-state index contributed by atoms with van der Waals surface area (Å²) in [6.45, 7) is 0.815. The number of halogens is 45. The van der Waals surface area contributed by atoms with Crippen LogP contribution in [0.3, 0.4) is 0 Å². The minimum atomic E-state index is -10.8. The number of aryl methyl sites for hydroxylation is 1. The van der Waals surface area contributed by atoms with Crippen LogP contribution in [0.25, 0.3) is 0 Å². The third-order valence-electron chi connectivity index (χ3n) is 10.9. The van der Waals surface area contributed by atoms with Crippen LogP contribution in [0.5, 0.6) is 0 Å². The summed E-state index contributed by atoms with van der Waals surface area (Å²) in [4.78, 5) is 25.7. The van der Waals surface area contributed by atoms with E-state index in [0.29, 0.717) is 6.07 Å². The van der Waals surface area contributed by atoms with Crippen molar-refractivity contribution in [3.8, 4) is 0 Å². The molecule has 0 aliphatic carbocycles. The first-order valence-electron chi connectivity index (χ1n) is 19.0. The molecule has 0 heterocycles. The van der Waals surface area contributed by atoms with Crippen LogP contribution in [0.15, 0.2) is 23.2 Å². The first-order valence-corrected chi connectivity index (χ1v) is 19.0. The van der Waals surface area contributed by atoms with Crippen molar-refractivity contribution in [3.05, 3.63) is 29.3 Å². The second-order valence-electron chi connectivity index (χ2n) is 16.5. The number of aliphatic imine (C=N–C) groups is 1. The summed E-state index contributed by atoms with van der Waals surface area (Å²) in [5.41, 5.74) is -1.84. The van der Waals surface area contributed by atoms with Gasteiger partial charge in [-0.05, 0) is 31.5 Å². The van der Waals surface area contributed by atoms with Gasteiger partial charge in [-0.15, -0.1) is 0 Å². The van der Waals surface area contributed by atoms with Crippen molar-refractivity contribution in [3.63, 3.8) is 0 Å². The number of hydrogen-bond donors (Lipinski definition) is 1. The molecule has 83 heavy (non-hydrogen) atoms. The zero-order chi connectivity index (χ0) is 67.8. The van der Waals surface area contributed by atoms with E-state index in [1.54, 1.807) is 0 Å². The summed E-state index contributed by atoms with van der Waals surface area (Å²) >= 11 is 0. The molecule has 4 nitrogen and oxygen atoms in total. The number of nitrogens with zero attached hydrogens (tertiary/aromatic N) is 1. The van der Waals surface area contributed by atoms with Crippen molar-refractivity contribution in [2.45, 2.75) is 157 Å². The molecular weight excluding hydrogens is 1320 g/mol. The molecule has 486 valence electrons. The Hall–Kier alpha value is -5.08. The second-order valence-corrected chi connectivity index (χ2v) is 16.5. The Morgan fingerprint density at radius 2 is 0.578 bits per heavy atom. The van der Waals surface area contributed by atoms with Gasteiger partial charge in [0.25, 0.3) is 5.91 Å². The van der Waals surface area contributed by atoms with E-state index in [1.165, 1.54) is 0 Å². The number of carbonyl (C=O) groups excluding carboxylic acids is 2. The van der Waals surface area contributed by atoms with Gasteiger partial charge < -0.3 is 5.32 Å². The smallest absolute Gasteiger partial charge is 0.349 e. The average Bonchev–Trinajstić information content (AvgIpc) is 3.27. The zero-order valence-corrected chi connectivity index (χ0v) is 37.3.